The predicted octanol–water partition coefficient (Wildman–Crippen LogP) is 2.39. The molecule has 0 saturated heterocycles. The van der Waals surface area contributed by atoms with Gasteiger partial charge in [-0.25, -0.2) is 0 Å². The largest absolute Gasteiger partial charge is 0.494 e. The molecule has 0 saturated carbocycles. The van der Waals surface area contributed by atoms with Crippen LogP contribution in [0.3, 0.4) is 0 Å². The molecule has 0 unspecified atom stereocenters. The Morgan fingerprint density at radius 3 is 2.29 bits per heavy atom. The third-order valence-corrected chi connectivity index (χ3v) is 3.26. The lowest BCUT2D eigenvalue weighted by Gasteiger charge is -2.08. The summed E-state index contributed by atoms with van der Waals surface area (Å²) in [5.74, 6) is 0.284. The first kappa shape index (κ1) is 15.7. The number of rotatable bonds is 4. The number of hydrogen-bond acceptors (Lipinski definition) is 5. The van der Waals surface area contributed by atoms with E-state index in [2.05, 4.69) is 10.6 Å². The van der Waals surface area contributed by atoms with Crippen molar-refractivity contribution in [2.45, 2.75) is 6.92 Å². The van der Waals surface area contributed by atoms with Gasteiger partial charge in [0.15, 0.2) is 11.5 Å². The van der Waals surface area contributed by atoms with Crippen molar-refractivity contribution in [1.29, 1.82) is 0 Å². The summed E-state index contributed by atoms with van der Waals surface area (Å²) in [6.45, 7) is 2.59. The van der Waals surface area contributed by atoms with Gasteiger partial charge in [0.1, 0.15) is 5.75 Å². The van der Waals surface area contributed by atoms with Crippen LogP contribution < -0.4 is 24.8 Å². The lowest BCUT2D eigenvalue weighted by molar-refractivity contribution is -0.132. The van der Waals surface area contributed by atoms with Crippen LogP contribution >= 0.6 is 0 Å². The summed E-state index contributed by atoms with van der Waals surface area (Å²) in [5.41, 5.74) is 0.954. The average Bonchev–Trinajstić information content (AvgIpc) is 3.04. The van der Waals surface area contributed by atoms with Gasteiger partial charge in [0.2, 0.25) is 6.79 Å². The Bertz CT molecular complexity index is 758. The highest BCUT2D eigenvalue weighted by molar-refractivity contribution is 6.43. The first-order valence-corrected chi connectivity index (χ1v) is 7.40. The summed E-state index contributed by atoms with van der Waals surface area (Å²) in [5, 5.41) is 5.03. The maximum Gasteiger partial charge on any atom is 0.314 e. The first-order valence-electron chi connectivity index (χ1n) is 7.40. The number of amides is 2. The average molecular weight is 328 g/mol. The molecule has 0 bridgehead atoms. The number of anilines is 2. The van der Waals surface area contributed by atoms with E-state index in [0.29, 0.717) is 35.2 Å². The topological polar surface area (TPSA) is 85.9 Å². The van der Waals surface area contributed by atoms with Crippen LogP contribution in [0.5, 0.6) is 17.2 Å². The summed E-state index contributed by atoms with van der Waals surface area (Å²) >= 11 is 0. The van der Waals surface area contributed by atoms with Crippen LogP contribution in [0, 0.1) is 0 Å². The molecule has 1 aliphatic heterocycles. The van der Waals surface area contributed by atoms with Crippen LogP contribution in [0.25, 0.3) is 0 Å². The SMILES string of the molecule is CCOc1ccc(NC(=O)C(=O)Nc2ccc3c(c2)OCO3)cc1. The van der Waals surface area contributed by atoms with Crippen molar-refractivity contribution in [3.8, 4) is 17.2 Å². The third kappa shape index (κ3) is 3.57. The number of carbonyl (C=O) groups excluding carboxylic acids is 2. The molecule has 2 amide bonds. The van der Waals surface area contributed by atoms with Crippen LogP contribution in [-0.4, -0.2) is 25.2 Å². The van der Waals surface area contributed by atoms with E-state index in [1.807, 2.05) is 6.92 Å². The highest BCUT2D eigenvalue weighted by atomic mass is 16.7. The molecule has 3 rings (SSSR count). The Balaban J connectivity index is 1.59. The number of carbonyl (C=O) groups is 2. The zero-order valence-electron chi connectivity index (χ0n) is 13.0. The summed E-state index contributed by atoms with van der Waals surface area (Å²) in [6, 6.07) is 11.7. The molecule has 0 spiro atoms. The van der Waals surface area contributed by atoms with Gasteiger partial charge in [0, 0.05) is 17.4 Å². The number of fused-ring (bicyclic) bond motifs is 1. The second-order valence-electron chi connectivity index (χ2n) is 4.93. The van der Waals surface area contributed by atoms with E-state index < -0.39 is 11.8 Å². The maximum absolute atomic E-state index is 12.0. The molecule has 0 atom stereocenters. The van der Waals surface area contributed by atoms with E-state index in [9.17, 15) is 9.59 Å². The second kappa shape index (κ2) is 6.91. The minimum atomic E-state index is -0.775. The summed E-state index contributed by atoms with van der Waals surface area (Å²) < 4.78 is 15.7. The van der Waals surface area contributed by atoms with E-state index >= 15 is 0 Å². The van der Waals surface area contributed by atoms with Crippen LogP contribution in [-0.2, 0) is 9.59 Å². The lowest BCUT2D eigenvalue weighted by atomic mass is 10.2. The molecular formula is C17H16N2O5. The van der Waals surface area contributed by atoms with Crippen molar-refractivity contribution < 1.29 is 23.8 Å². The number of benzene rings is 2. The summed E-state index contributed by atoms with van der Waals surface area (Å²) in [4.78, 5) is 23.9. The fraction of sp³-hybridized carbons (Fsp3) is 0.176. The third-order valence-electron chi connectivity index (χ3n) is 3.26. The molecule has 124 valence electrons. The molecule has 7 nitrogen and oxygen atoms in total. The summed E-state index contributed by atoms with van der Waals surface area (Å²) in [6.07, 6.45) is 0. The zero-order chi connectivity index (χ0) is 16.9. The molecular weight excluding hydrogens is 312 g/mol. The van der Waals surface area contributed by atoms with E-state index in [-0.39, 0.29) is 6.79 Å². The molecule has 0 fully saturated rings. The van der Waals surface area contributed by atoms with Crippen molar-refractivity contribution in [3.63, 3.8) is 0 Å². The molecule has 1 aliphatic rings. The van der Waals surface area contributed by atoms with Gasteiger partial charge in [-0.15, -0.1) is 0 Å². The van der Waals surface area contributed by atoms with E-state index in [4.69, 9.17) is 14.2 Å². The standard InChI is InChI=1S/C17H16N2O5/c1-2-22-13-6-3-11(4-7-13)18-16(20)17(21)19-12-5-8-14-15(9-12)24-10-23-14/h3-9H,2,10H2,1H3,(H,18,20)(H,19,21). The minimum absolute atomic E-state index is 0.144. The van der Waals surface area contributed by atoms with Crippen LogP contribution in [0.2, 0.25) is 0 Å². The monoisotopic (exact) mass is 328 g/mol. The van der Waals surface area contributed by atoms with Crippen molar-refractivity contribution in [2.75, 3.05) is 24.0 Å². The number of ether oxygens (including phenoxy) is 3. The van der Waals surface area contributed by atoms with Gasteiger partial charge in [-0.05, 0) is 43.3 Å². The van der Waals surface area contributed by atoms with Gasteiger partial charge >= 0.3 is 11.8 Å². The Kier molecular flexibility index (Phi) is 4.51. The predicted molar refractivity (Wildman–Crippen MR) is 87.4 cm³/mol. The maximum atomic E-state index is 12.0. The molecule has 2 aromatic rings. The second-order valence-corrected chi connectivity index (χ2v) is 4.93. The Morgan fingerprint density at radius 2 is 1.58 bits per heavy atom. The fourth-order valence-corrected chi connectivity index (χ4v) is 2.15. The van der Waals surface area contributed by atoms with Gasteiger partial charge in [0.25, 0.3) is 0 Å². The lowest BCUT2D eigenvalue weighted by Crippen LogP contribution is -2.29. The van der Waals surface area contributed by atoms with E-state index in [1.54, 1.807) is 42.5 Å². The number of nitrogens with one attached hydrogen (secondary N) is 2. The van der Waals surface area contributed by atoms with Gasteiger partial charge in [0.05, 0.1) is 6.61 Å². The van der Waals surface area contributed by atoms with Crippen molar-refractivity contribution in [1.82, 2.24) is 0 Å². The van der Waals surface area contributed by atoms with Crippen molar-refractivity contribution in [3.05, 3.63) is 42.5 Å². The highest BCUT2D eigenvalue weighted by Crippen LogP contribution is 2.34. The summed E-state index contributed by atoms with van der Waals surface area (Å²) in [7, 11) is 0. The van der Waals surface area contributed by atoms with Crippen LogP contribution in [0.4, 0.5) is 11.4 Å². The zero-order valence-corrected chi connectivity index (χ0v) is 13.0. The van der Waals surface area contributed by atoms with Gasteiger partial charge in [-0.2, -0.15) is 0 Å². The molecule has 2 N–H and O–H groups in total. The first-order chi connectivity index (χ1) is 11.7. The highest BCUT2D eigenvalue weighted by Gasteiger charge is 2.17. The Hall–Kier alpha value is -3.22. The molecule has 7 heteroatoms. The molecule has 0 radical (unpaired) electrons. The Morgan fingerprint density at radius 1 is 0.958 bits per heavy atom. The smallest absolute Gasteiger partial charge is 0.314 e. The Labute approximate surface area is 138 Å². The van der Waals surface area contributed by atoms with Crippen LogP contribution in [0.15, 0.2) is 42.5 Å². The van der Waals surface area contributed by atoms with Gasteiger partial charge < -0.3 is 24.8 Å². The molecule has 1 heterocycles. The molecule has 2 aromatic carbocycles. The quantitative estimate of drug-likeness (QED) is 0.842. The minimum Gasteiger partial charge on any atom is -0.494 e. The normalized spacial score (nSPS) is 11.7. The molecule has 0 aromatic heterocycles. The van der Waals surface area contributed by atoms with Crippen molar-refractivity contribution in [2.24, 2.45) is 0 Å². The fourth-order valence-electron chi connectivity index (χ4n) is 2.15. The molecule has 0 aliphatic carbocycles. The van der Waals surface area contributed by atoms with Crippen LogP contribution in [0.1, 0.15) is 6.92 Å². The van der Waals surface area contributed by atoms with Gasteiger partial charge in [-0.1, -0.05) is 0 Å². The molecule has 24 heavy (non-hydrogen) atoms. The van der Waals surface area contributed by atoms with E-state index in [1.165, 1.54) is 0 Å². The van der Waals surface area contributed by atoms with Gasteiger partial charge in [-0.3, -0.25) is 9.59 Å². The number of hydrogen-bond donors (Lipinski definition) is 2. The van der Waals surface area contributed by atoms with E-state index in [0.717, 1.165) is 0 Å². The van der Waals surface area contributed by atoms with Crippen molar-refractivity contribution >= 4 is 23.2 Å².